The SMILES string of the molecule is COc1ccc(CNC(=O)C(C)(N)c2ccc(Br)cc2)cc1OC. The van der Waals surface area contributed by atoms with E-state index in [-0.39, 0.29) is 5.91 Å². The van der Waals surface area contributed by atoms with E-state index in [0.717, 1.165) is 15.6 Å². The number of rotatable bonds is 6. The first-order valence-electron chi connectivity index (χ1n) is 7.42. The molecule has 24 heavy (non-hydrogen) atoms. The van der Waals surface area contributed by atoms with Gasteiger partial charge in [-0.05, 0) is 42.3 Å². The van der Waals surface area contributed by atoms with Crippen LogP contribution in [0.15, 0.2) is 46.9 Å². The Bertz CT molecular complexity index is 715. The first kappa shape index (κ1) is 18.3. The Morgan fingerprint density at radius 2 is 1.75 bits per heavy atom. The van der Waals surface area contributed by atoms with Crippen molar-refractivity contribution < 1.29 is 14.3 Å². The summed E-state index contributed by atoms with van der Waals surface area (Å²) in [4.78, 5) is 12.5. The number of carbonyl (C=O) groups excluding carboxylic acids is 1. The molecule has 5 nitrogen and oxygen atoms in total. The van der Waals surface area contributed by atoms with Gasteiger partial charge in [0.25, 0.3) is 0 Å². The Morgan fingerprint density at radius 1 is 1.12 bits per heavy atom. The maximum Gasteiger partial charge on any atom is 0.244 e. The number of amides is 1. The summed E-state index contributed by atoms with van der Waals surface area (Å²) in [6.07, 6.45) is 0. The molecule has 0 spiro atoms. The average molecular weight is 393 g/mol. The van der Waals surface area contributed by atoms with Gasteiger partial charge in [-0.1, -0.05) is 34.1 Å². The number of halogens is 1. The lowest BCUT2D eigenvalue weighted by atomic mass is 9.92. The van der Waals surface area contributed by atoms with Crippen molar-refractivity contribution in [2.24, 2.45) is 5.73 Å². The van der Waals surface area contributed by atoms with Gasteiger partial charge in [0.2, 0.25) is 5.91 Å². The summed E-state index contributed by atoms with van der Waals surface area (Å²) in [5, 5.41) is 2.87. The van der Waals surface area contributed by atoms with Crippen LogP contribution in [0.5, 0.6) is 11.5 Å². The number of nitrogens with two attached hydrogens (primary N) is 1. The molecule has 2 aromatic rings. The quantitative estimate of drug-likeness (QED) is 0.792. The number of ether oxygens (including phenoxy) is 2. The minimum atomic E-state index is -1.11. The lowest BCUT2D eigenvalue weighted by Gasteiger charge is -2.24. The van der Waals surface area contributed by atoms with Crippen molar-refractivity contribution in [3.05, 3.63) is 58.1 Å². The highest BCUT2D eigenvalue weighted by Gasteiger charge is 2.30. The molecule has 0 fully saturated rings. The van der Waals surface area contributed by atoms with Crippen LogP contribution < -0.4 is 20.5 Å². The Kier molecular flexibility index (Phi) is 5.85. The van der Waals surface area contributed by atoms with Gasteiger partial charge < -0.3 is 20.5 Å². The summed E-state index contributed by atoms with van der Waals surface area (Å²) < 4.78 is 11.4. The van der Waals surface area contributed by atoms with Crippen molar-refractivity contribution in [2.45, 2.75) is 19.0 Å². The molecule has 0 bridgehead atoms. The zero-order valence-electron chi connectivity index (χ0n) is 13.9. The lowest BCUT2D eigenvalue weighted by Crippen LogP contribution is -2.48. The van der Waals surface area contributed by atoms with E-state index in [2.05, 4.69) is 21.2 Å². The molecule has 0 saturated heterocycles. The summed E-state index contributed by atoms with van der Waals surface area (Å²) in [7, 11) is 3.15. The summed E-state index contributed by atoms with van der Waals surface area (Å²) in [6.45, 7) is 2.04. The predicted octanol–water partition coefficient (Wildman–Crippen LogP) is 2.96. The third-order valence-electron chi connectivity index (χ3n) is 3.82. The van der Waals surface area contributed by atoms with E-state index < -0.39 is 5.54 Å². The van der Waals surface area contributed by atoms with Gasteiger partial charge >= 0.3 is 0 Å². The van der Waals surface area contributed by atoms with Crippen molar-refractivity contribution in [3.63, 3.8) is 0 Å². The molecule has 0 aliphatic heterocycles. The fourth-order valence-electron chi connectivity index (χ4n) is 2.28. The maximum atomic E-state index is 12.5. The molecule has 1 unspecified atom stereocenters. The number of methoxy groups -OCH3 is 2. The van der Waals surface area contributed by atoms with Gasteiger partial charge in [-0.25, -0.2) is 0 Å². The molecule has 1 atom stereocenters. The summed E-state index contributed by atoms with van der Waals surface area (Å²) in [6, 6.07) is 12.9. The van der Waals surface area contributed by atoms with Gasteiger partial charge in [-0.15, -0.1) is 0 Å². The Hall–Kier alpha value is -2.05. The van der Waals surface area contributed by atoms with Crippen LogP contribution in [-0.2, 0) is 16.9 Å². The van der Waals surface area contributed by atoms with Crippen LogP contribution in [0.2, 0.25) is 0 Å². The van der Waals surface area contributed by atoms with E-state index in [1.54, 1.807) is 27.2 Å². The molecule has 1 amide bonds. The van der Waals surface area contributed by atoms with Crippen LogP contribution in [0.4, 0.5) is 0 Å². The first-order chi connectivity index (χ1) is 11.4. The number of benzene rings is 2. The molecular weight excluding hydrogens is 372 g/mol. The Morgan fingerprint density at radius 3 is 2.33 bits per heavy atom. The average Bonchev–Trinajstić information content (AvgIpc) is 2.59. The van der Waals surface area contributed by atoms with Crippen molar-refractivity contribution in [1.29, 1.82) is 0 Å². The van der Waals surface area contributed by atoms with Gasteiger partial charge in [0, 0.05) is 11.0 Å². The monoisotopic (exact) mass is 392 g/mol. The van der Waals surface area contributed by atoms with E-state index in [4.69, 9.17) is 15.2 Å². The molecule has 0 aliphatic rings. The second-order valence-electron chi connectivity index (χ2n) is 5.58. The largest absolute Gasteiger partial charge is 0.493 e. The standard InChI is InChI=1S/C18H21BrN2O3/c1-18(20,13-5-7-14(19)8-6-13)17(22)21-11-12-4-9-15(23-2)16(10-12)24-3/h4-10H,11,20H2,1-3H3,(H,21,22). The number of hydrogen-bond donors (Lipinski definition) is 2. The third kappa shape index (κ3) is 4.07. The van der Waals surface area contributed by atoms with Crippen LogP contribution in [0.3, 0.4) is 0 Å². The second kappa shape index (κ2) is 7.68. The van der Waals surface area contributed by atoms with E-state index in [0.29, 0.717) is 18.0 Å². The molecule has 0 aromatic heterocycles. The molecule has 0 heterocycles. The zero-order chi connectivity index (χ0) is 17.7. The molecule has 0 aliphatic carbocycles. The third-order valence-corrected chi connectivity index (χ3v) is 4.35. The molecular formula is C18H21BrN2O3. The first-order valence-corrected chi connectivity index (χ1v) is 8.22. The molecule has 0 saturated carbocycles. The normalized spacial score (nSPS) is 13.0. The molecule has 2 aromatic carbocycles. The number of hydrogen-bond acceptors (Lipinski definition) is 4. The highest BCUT2D eigenvalue weighted by molar-refractivity contribution is 9.10. The van der Waals surface area contributed by atoms with Gasteiger partial charge in [-0.3, -0.25) is 4.79 Å². The molecule has 3 N–H and O–H groups in total. The van der Waals surface area contributed by atoms with Crippen molar-refractivity contribution >= 4 is 21.8 Å². The highest BCUT2D eigenvalue weighted by Crippen LogP contribution is 2.27. The summed E-state index contributed by atoms with van der Waals surface area (Å²) >= 11 is 3.37. The smallest absolute Gasteiger partial charge is 0.244 e. The maximum absolute atomic E-state index is 12.5. The predicted molar refractivity (Wildman–Crippen MR) is 97.1 cm³/mol. The Labute approximate surface area is 150 Å². The summed E-state index contributed by atoms with van der Waals surface area (Å²) in [5.74, 6) is 1.01. The molecule has 2 rings (SSSR count). The zero-order valence-corrected chi connectivity index (χ0v) is 15.5. The van der Waals surface area contributed by atoms with Gasteiger partial charge in [0.05, 0.1) is 14.2 Å². The minimum absolute atomic E-state index is 0.250. The van der Waals surface area contributed by atoms with E-state index in [1.165, 1.54) is 0 Å². The minimum Gasteiger partial charge on any atom is -0.493 e. The van der Waals surface area contributed by atoms with Crippen LogP contribution in [-0.4, -0.2) is 20.1 Å². The topological polar surface area (TPSA) is 73.6 Å². The van der Waals surface area contributed by atoms with Crippen LogP contribution in [0.25, 0.3) is 0 Å². The fourth-order valence-corrected chi connectivity index (χ4v) is 2.55. The van der Waals surface area contributed by atoms with E-state index >= 15 is 0 Å². The Balaban J connectivity index is 2.08. The van der Waals surface area contributed by atoms with Crippen LogP contribution in [0, 0.1) is 0 Å². The molecule has 128 valence electrons. The van der Waals surface area contributed by atoms with E-state index in [1.807, 2.05) is 36.4 Å². The van der Waals surface area contributed by atoms with Crippen molar-refractivity contribution in [3.8, 4) is 11.5 Å². The summed E-state index contributed by atoms with van der Waals surface area (Å²) in [5.41, 5.74) is 6.75. The molecule has 0 radical (unpaired) electrons. The second-order valence-corrected chi connectivity index (χ2v) is 6.50. The van der Waals surface area contributed by atoms with E-state index in [9.17, 15) is 4.79 Å². The highest BCUT2D eigenvalue weighted by atomic mass is 79.9. The fraction of sp³-hybridized carbons (Fsp3) is 0.278. The molecule has 6 heteroatoms. The van der Waals surface area contributed by atoms with Crippen LogP contribution in [0.1, 0.15) is 18.1 Å². The van der Waals surface area contributed by atoms with Gasteiger partial charge in [-0.2, -0.15) is 0 Å². The van der Waals surface area contributed by atoms with Crippen molar-refractivity contribution in [2.75, 3.05) is 14.2 Å². The van der Waals surface area contributed by atoms with Gasteiger partial charge in [0.15, 0.2) is 11.5 Å². The number of nitrogens with one attached hydrogen (secondary N) is 1. The lowest BCUT2D eigenvalue weighted by molar-refractivity contribution is -0.126. The number of carbonyl (C=O) groups is 1. The van der Waals surface area contributed by atoms with Gasteiger partial charge in [0.1, 0.15) is 5.54 Å². The van der Waals surface area contributed by atoms with Crippen LogP contribution >= 0.6 is 15.9 Å². The van der Waals surface area contributed by atoms with Crippen molar-refractivity contribution in [1.82, 2.24) is 5.32 Å².